The Morgan fingerprint density at radius 3 is 2.91 bits per heavy atom. The fourth-order valence-corrected chi connectivity index (χ4v) is 6.13. The summed E-state index contributed by atoms with van der Waals surface area (Å²) in [6.45, 7) is 4.60. The number of ether oxygens (including phenoxy) is 1. The smallest absolute Gasteiger partial charge is 0.273 e. The number of aromatic nitrogens is 1. The Morgan fingerprint density at radius 1 is 1.43 bits per heavy atom. The summed E-state index contributed by atoms with van der Waals surface area (Å²) >= 11 is 3.55. The SMILES string of the molecule is Cc1nc(C(=O)N2CC3(C[C@@H](OCC4CCCC4)CS3)C2)cs1. The summed E-state index contributed by atoms with van der Waals surface area (Å²) < 4.78 is 6.42. The zero-order valence-electron chi connectivity index (χ0n) is 13.6. The Kier molecular flexibility index (Phi) is 4.41. The number of hydrogen-bond donors (Lipinski definition) is 0. The van der Waals surface area contributed by atoms with Crippen LogP contribution in [0.1, 0.15) is 47.6 Å². The van der Waals surface area contributed by atoms with Crippen molar-refractivity contribution in [2.75, 3.05) is 25.4 Å². The van der Waals surface area contributed by atoms with Crippen molar-refractivity contribution in [3.05, 3.63) is 16.1 Å². The second kappa shape index (κ2) is 6.37. The minimum Gasteiger partial charge on any atom is -0.377 e. The number of carbonyl (C=O) groups is 1. The molecule has 1 atom stereocenters. The van der Waals surface area contributed by atoms with E-state index < -0.39 is 0 Å². The topological polar surface area (TPSA) is 42.4 Å². The maximum atomic E-state index is 12.4. The van der Waals surface area contributed by atoms with Gasteiger partial charge in [-0.1, -0.05) is 12.8 Å². The number of hydrogen-bond acceptors (Lipinski definition) is 5. The number of likely N-dealkylation sites (tertiary alicyclic amines) is 1. The van der Waals surface area contributed by atoms with Gasteiger partial charge >= 0.3 is 0 Å². The van der Waals surface area contributed by atoms with Crippen molar-refractivity contribution < 1.29 is 9.53 Å². The van der Waals surface area contributed by atoms with E-state index >= 15 is 0 Å². The first-order valence-corrected chi connectivity index (χ1v) is 10.5. The molecule has 1 aromatic rings. The van der Waals surface area contributed by atoms with Crippen molar-refractivity contribution in [3.63, 3.8) is 0 Å². The normalized spacial score (nSPS) is 26.8. The van der Waals surface area contributed by atoms with Crippen LogP contribution >= 0.6 is 23.1 Å². The van der Waals surface area contributed by atoms with E-state index in [0.717, 1.165) is 42.8 Å². The van der Waals surface area contributed by atoms with Gasteiger partial charge in [0, 0.05) is 30.8 Å². The predicted molar refractivity (Wildman–Crippen MR) is 94.3 cm³/mol. The number of carbonyl (C=O) groups excluding carboxylic acids is 1. The van der Waals surface area contributed by atoms with E-state index in [2.05, 4.69) is 4.98 Å². The quantitative estimate of drug-likeness (QED) is 0.833. The lowest BCUT2D eigenvalue weighted by atomic mass is 9.92. The van der Waals surface area contributed by atoms with E-state index in [9.17, 15) is 4.79 Å². The first-order chi connectivity index (χ1) is 11.1. The molecule has 1 aromatic heterocycles. The van der Waals surface area contributed by atoms with E-state index in [1.807, 2.05) is 29.0 Å². The molecule has 2 aliphatic heterocycles. The highest BCUT2D eigenvalue weighted by molar-refractivity contribution is 8.01. The van der Waals surface area contributed by atoms with Gasteiger partial charge in [-0.15, -0.1) is 23.1 Å². The van der Waals surface area contributed by atoms with E-state index in [-0.39, 0.29) is 10.7 Å². The van der Waals surface area contributed by atoms with Gasteiger partial charge in [-0.3, -0.25) is 4.79 Å². The van der Waals surface area contributed by atoms with E-state index in [1.54, 1.807) is 11.3 Å². The number of aryl methyl sites for hydroxylation is 1. The van der Waals surface area contributed by atoms with Gasteiger partial charge in [0.2, 0.25) is 0 Å². The average Bonchev–Trinajstić information content (AvgIpc) is 3.23. The highest BCUT2D eigenvalue weighted by atomic mass is 32.2. The lowest BCUT2D eigenvalue weighted by Crippen LogP contribution is -2.60. The van der Waals surface area contributed by atoms with Crippen LogP contribution in [0.15, 0.2) is 5.38 Å². The van der Waals surface area contributed by atoms with Crippen LogP contribution in [-0.2, 0) is 4.74 Å². The molecule has 23 heavy (non-hydrogen) atoms. The Hall–Kier alpha value is -0.590. The molecule has 3 fully saturated rings. The third-order valence-electron chi connectivity index (χ3n) is 5.30. The molecule has 3 aliphatic rings. The van der Waals surface area contributed by atoms with Gasteiger partial charge in [0.05, 0.1) is 15.9 Å². The highest BCUT2D eigenvalue weighted by Crippen LogP contribution is 2.46. The minimum absolute atomic E-state index is 0.0934. The molecule has 6 heteroatoms. The van der Waals surface area contributed by atoms with Gasteiger partial charge in [-0.05, 0) is 32.1 Å². The van der Waals surface area contributed by atoms with Gasteiger partial charge in [-0.25, -0.2) is 4.98 Å². The van der Waals surface area contributed by atoms with Crippen LogP contribution in [0.5, 0.6) is 0 Å². The predicted octanol–water partition coefficient (Wildman–Crippen LogP) is 3.36. The zero-order chi connectivity index (χ0) is 15.9. The Morgan fingerprint density at radius 2 is 2.22 bits per heavy atom. The largest absolute Gasteiger partial charge is 0.377 e. The van der Waals surface area contributed by atoms with Crippen molar-refractivity contribution in [3.8, 4) is 0 Å². The second-order valence-electron chi connectivity index (χ2n) is 7.22. The summed E-state index contributed by atoms with van der Waals surface area (Å²) in [5.74, 6) is 1.98. The number of amides is 1. The van der Waals surface area contributed by atoms with Crippen molar-refractivity contribution in [2.24, 2.45) is 5.92 Å². The van der Waals surface area contributed by atoms with Crippen LogP contribution in [-0.4, -0.2) is 52.1 Å². The van der Waals surface area contributed by atoms with Gasteiger partial charge in [0.1, 0.15) is 5.69 Å². The van der Waals surface area contributed by atoms with Crippen molar-refractivity contribution in [1.29, 1.82) is 0 Å². The van der Waals surface area contributed by atoms with Crippen molar-refractivity contribution in [1.82, 2.24) is 9.88 Å². The standard InChI is InChI=1S/C17H24N2O2S2/c1-12-18-15(9-22-12)16(20)19-10-17(11-19)6-14(8-23-17)21-7-13-4-2-3-5-13/h9,13-14H,2-8,10-11H2,1H3/t14-/m1/s1. The van der Waals surface area contributed by atoms with E-state index in [0.29, 0.717) is 11.8 Å². The van der Waals surface area contributed by atoms with Crippen LogP contribution in [0.3, 0.4) is 0 Å². The molecular formula is C17H24N2O2S2. The van der Waals surface area contributed by atoms with E-state index in [1.165, 1.54) is 25.7 Å². The number of thiazole rings is 1. The van der Waals surface area contributed by atoms with Crippen LogP contribution in [0, 0.1) is 12.8 Å². The molecule has 1 aliphatic carbocycles. The fourth-order valence-electron chi connectivity index (χ4n) is 4.00. The molecule has 1 saturated carbocycles. The summed E-state index contributed by atoms with van der Waals surface area (Å²) in [4.78, 5) is 18.6. The molecule has 0 bridgehead atoms. The Bertz CT molecular complexity index is 577. The maximum Gasteiger partial charge on any atom is 0.273 e. The first-order valence-electron chi connectivity index (χ1n) is 8.60. The van der Waals surface area contributed by atoms with Crippen molar-refractivity contribution in [2.45, 2.75) is 49.9 Å². The third-order valence-corrected chi connectivity index (χ3v) is 7.65. The molecule has 0 unspecified atom stereocenters. The molecule has 0 N–H and O–H groups in total. The van der Waals surface area contributed by atoms with Gasteiger partial charge < -0.3 is 9.64 Å². The summed E-state index contributed by atoms with van der Waals surface area (Å²) in [6, 6.07) is 0. The number of nitrogens with zero attached hydrogens (tertiary/aromatic N) is 2. The molecule has 126 valence electrons. The summed E-state index contributed by atoms with van der Waals surface area (Å²) in [6.07, 6.45) is 6.94. The summed E-state index contributed by atoms with van der Waals surface area (Å²) in [5, 5.41) is 2.83. The maximum absolute atomic E-state index is 12.4. The number of rotatable bonds is 4. The van der Waals surface area contributed by atoms with Crippen LogP contribution in [0.25, 0.3) is 0 Å². The lowest BCUT2D eigenvalue weighted by molar-refractivity contribution is 0.0196. The molecule has 4 nitrogen and oxygen atoms in total. The van der Waals surface area contributed by atoms with Crippen LogP contribution < -0.4 is 0 Å². The molecule has 1 spiro atoms. The van der Waals surface area contributed by atoms with Crippen molar-refractivity contribution >= 4 is 29.0 Å². The lowest BCUT2D eigenvalue weighted by Gasteiger charge is -2.47. The monoisotopic (exact) mass is 352 g/mol. The summed E-state index contributed by atoms with van der Waals surface area (Å²) in [5.41, 5.74) is 0.611. The molecule has 4 rings (SSSR count). The minimum atomic E-state index is 0.0934. The fraction of sp³-hybridized carbons (Fsp3) is 0.765. The highest BCUT2D eigenvalue weighted by Gasteiger charge is 2.51. The molecule has 1 amide bonds. The van der Waals surface area contributed by atoms with Gasteiger partial charge in [0.15, 0.2) is 0 Å². The second-order valence-corrected chi connectivity index (χ2v) is 9.77. The van der Waals surface area contributed by atoms with Gasteiger partial charge in [0.25, 0.3) is 5.91 Å². The summed E-state index contributed by atoms with van der Waals surface area (Å²) in [7, 11) is 0. The van der Waals surface area contributed by atoms with Gasteiger partial charge in [-0.2, -0.15) is 0 Å². The molecule has 0 radical (unpaired) electrons. The third kappa shape index (κ3) is 3.30. The molecule has 2 saturated heterocycles. The van der Waals surface area contributed by atoms with E-state index in [4.69, 9.17) is 4.74 Å². The average molecular weight is 353 g/mol. The molecule has 3 heterocycles. The first kappa shape index (κ1) is 15.9. The molecular weight excluding hydrogens is 328 g/mol. The van der Waals surface area contributed by atoms with Crippen LogP contribution in [0.2, 0.25) is 0 Å². The Labute approximate surface area is 146 Å². The zero-order valence-corrected chi connectivity index (χ0v) is 15.3. The van der Waals surface area contributed by atoms with Crippen LogP contribution in [0.4, 0.5) is 0 Å². The Balaban J connectivity index is 1.25. The molecule has 0 aromatic carbocycles. The number of thioether (sulfide) groups is 1.